The summed E-state index contributed by atoms with van der Waals surface area (Å²) in [6.07, 6.45) is -0.261. The van der Waals surface area contributed by atoms with Gasteiger partial charge in [0.25, 0.3) is 0 Å². The molecular weight excluding hydrogens is 648 g/mol. The predicted molar refractivity (Wildman–Crippen MR) is 182 cm³/mol. The van der Waals surface area contributed by atoms with Crippen molar-refractivity contribution in [1.29, 1.82) is 0 Å². The maximum Gasteiger partial charge on any atom is 0.132 e. The molecule has 50 heavy (non-hydrogen) atoms. The van der Waals surface area contributed by atoms with Gasteiger partial charge in [-0.2, -0.15) is 10.2 Å². The van der Waals surface area contributed by atoms with E-state index in [1.54, 1.807) is 48.5 Å². The van der Waals surface area contributed by atoms with Crippen molar-refractivity contribution in [3.8, 4) is 45.0 Å². The fourth-order valence-electron chi connectivity index (χ4n) is 5.92. The first-order valence-electron chi connectivity index (χ1n) is 16.3. The zero-order chi connectivity index (χ0) is 34.5. The van der Waals surface area contributed by atoms with Gasteiger partial charge in [-0.15, -0.1) is 0 Å². The topological polar surface area (TPSA) is 99.9 Å². The van der Waals surface area contributed by atoms with Crippen LogP contribution in [0, 0.1) is 23.3 Å². The number of nitrogens with zero attached hydrogens (tertiary/aromatic N) is 2. The van der Waals surface area contributed by atoms with Crippen LogP contribution in [0.25, 0.3) is 45.0 Å². The maximum atomic E-state index is 14.6. The number of H-pyrrole nitrogens is 2. The third-order valence-corrected chi connectivity index (χ3v) is 8.60. The van der Waals surface area contributed by atoms with Gasteiger partial charge >= 0.3 is 0 Å². The van der Waals surface area contributed by atoms with Crippen LogP contribution in [0.15, 0.2) is 97.1 Å². The van der Waals surface area contributed by atoms with E-state index in [0.29, 0.717) is 60.2 Å². The highest BCUT2D eigenvalue weighted by Crippen LogP contribution is 2.30. The molecule has 6 aromatic rings. The molecule has 8 rings (SSSR count). The molecule has 2 atom stereocenters. The van der Waals surface area contributed by atoms with Crippen molar-refractivity contribution in [3.63, 3.8) is 0 Å². The van der Waals surface area contributed by atoms with Gasteiger partial charge in [0.1, 0.15) is 23.3 Å². The second-order valence-electron chi connectivity index (χ2n) is 12.0. The van der Waals surface area contributed by atoms with E-state index in [0.717, 1.165) is 35.3 Å². The van der Waals surface area contributed by atoms with Gasteiger partial charge in [0.15, 0.2) is 0 Å². The average molecular weight is 683 g/mol. The van der Waals surface area contributed by atoms with Crippen molar-refractivity contribution in [2.24, 2.45) is 0 Å². The van der Waals surface area contributed by atoms with Gasteiger partial charge in [-0.25, -0.2) is 17.6 Å². The summed E-state index contributed by atoms with van der Waals surface area (Å²) in [6, 6.07) is 25.8. The van der Waals surface area contributed by atoms with Gasteiger partial charge in [-0.3, -0.25) is 10.2 Å². The van der Waals surface area contributed by atoms with E-state index in [-0.39, 0.29) is 35.5 Å². The zero-order valence-corrected chi connectivity index (χ0v) is 26.9. The van der Waals surface area contributed by atoms with Crippen LogP contribution in [0.4, 0.5) is 17.6 Å². The fourth-order valence-corrected chi connectivity index (χ4v) is 5.92. The lowest BCUT2D eigenvalue weighted by Gasteiger charge is -2.24. The number of ether oxygens (including phenoxy) is 2. The van der Waals surface area contributed by atoms with Crippen molar-refractivity contribution in [1.82, 2.24) is 31.0 Å². The molecule has 0 amide bonds. The van der Waals surface area contributed by atoms with E-state index < -0.39 is 0 Å². The lowest BCUT2D eigenvalue weighted by Crippen LogP contribution is -2.33. The van der Waals surface area contributed by atoms with Crippen molar-refractivity contribution < 1.29 is 27.0 Å². The number of aromatic nitrogens is 4. The molecule has 2 saturated heterocycles. The Morgan fingerprint density at radius 3 is 1.30 bits per heavy atom. The minimum atomic E-state index is -0.332. The van der Waals surface area contributed by atoms with Crippen LogP contribution in [0.3, 0.4) is 0 Å². The van der Waals surface area contributed by atoms with E-state index in [1.165, 1.54) is 36.4 Å². The lowest BCUT2D eigenvalue weighted by atomic mass is 10.0. The molecule has 8 nitrogen and oxygen atoms in total. The van der Waals surface area contributed by atoms with Crippen molar-refractivity contribution >= 4 is 0 Å². The van der Waals surface area contributed by atoms with Crippen molar-refractivity contribution in [3.05, 3.63) is 131 Å². The molecule has 0 bridgehead atoms. The highest BCUT2D eigenvalue weighted by Gasteiger charge is 2.20. The van der Waals surface area contributed by atoms with Gasteiger partial charge in [-0.1, -0.05) is 12.1 Å². The zero-order valence-electron chi connectivity index (χ0n) is 26.9. The molecule has 4 aromatic carbocycles. The molecular formula is C38H34F4N6O2. The number of rotatable bonds is 6. The number of hydrogen-bond acceptors (Lipinski definition) is 6. The Hall–Kier alpha value is -5.14. The number of morpholine rings is 2. The average Bonchev–Trinajstić information content (AvgIpc) is 3.85. The van der Waals surface area contributed by atoms with E-state index in [4.69, 9.17) is 9.47 Å². The number of aromatic amines is 2. The van der Waals surface area contributed by atoms with Gasteiger partial charge in [0, 0.05) is 48.4 Å². The summed E-state index contributed by atoms with van der Waals surface area (Å²) in [6.45, 7) is 4.23. The second kappa shape index (κ2) is 15.2. The molecule has 2 fully saturated rings. The predicted octanol–water partition coefficient (Wildman–Crippen LogP) is 7.37. The fraction of sp³-hybridized carbons (Fsp3) is 0.211. The molecule has 2 aromatic heterocycles. The van der Waals surface area contributed by atoms with E-state index in [2.05, 4.69) is 31.0 Å². The molecule has 0 radical (unpaired) electrons. The Morgan fingerprint density at radius 2 is 0.940 bits per heavy atom. The van der Waals surface area contributed by atoms with Crippen LogP contribution in [0.5, 0.6) is 0 Å². The summed E-state index contributed by atoms with van der Waals surface area (Å²) in [5.41, 5.74) is 6.46. The highest BCUT2D eigenvalue weighted by molar-refractivity contribution is 5.70. The Bertz CT molecular complexity index is 1890. The summed E-state index contributed by atoms with van der Waals surface area (Å²) in [7, 11) is 0. The van der Waals surface area contributed by atoms with Crippen molar-refractivity contribution in [2.45, 2.75) is 12.2 Å². The molecule has 0 spiro atoms. The van der Waals surface area contributed by atoms with Crippen molar-refractivity contribution in [2.75, 3.05) is 39.4 Å². The van der Waals surface area contributed by atoms with E-state index >= 15 is 0 Å². The number of nitrogens with one attached hydrogen (secondary N) is 4. The summed E-state index contributed by atoms with van der Waals surface area (Å²) in [5, 5.41) is 20.6. The van der Waals surface area contributed by atoms with E-state index in [1.807, 2.05) is 12.1 Å². The Labute approximate surface area is 285 Å². The Kier molecular flexibility index (Phi) is 10.1. The molecule has 0 aliphatic carbocycles. The third kappa shape index (κ3) is 7.68. The first-order chi connectivity index (χ1) is 24.4. The maximum absolute atomic E-state index is 14.6. The lowest BCUT2D eigenvalue weighted by molar-refractivity contribution is 0.0275. The quantitative estimate of drug-likeness (QED) is 0.137. The van der Waals surface area contributed by atoms with Crippen LogP contribution < -0.4 is 10.6 Å². The molecule has 2 aliphatic heterocycles. The number of halogens is 4. The van der Waals surface area contributed by atoms with E-state index in [9.17, 15) is 17.6 Å². The van der Waals surface area contributed by atoms with Crippen LogP contribution in [-0.2, 0) is 9.47 Å². The van der Waals surface area contributed by atoms with Gasteiger partial charge in [-0.05, 0) is 96.1 Å². The molecule has 0 saturated carbocycles. The second-order valence-corrected chi connectivity index (χ2v) is 12.0. The van der Waals surface area contributed by atoms with Crippen LogP contribution >= 0.6 is 0 Å². The molecule has 4 N–H and O–H groups in total. The first kappa shape index (κ1) is 33.4. The van der Waals surface area contributed by atoms with Gasteiger partial charge < -0.3 is 20.1 Å². The number of hydrogen-bond donors (Lipinski definition) is 4. The van der Waals surface area contributed by atoms with Gasteiger partial charge in [0.2, 0.25) is 0 Å². The van der Waals surface area contributed by atoms with Crippen LogP contribution in [-0.4, -0.2) is 59.8 Å². The summed E-state index contributed by atoms with van der Waals surface area (Å²) < 4.78 is 66.5. The summed E-state index contributed by atoms with van der Waals surface area (Å²) in [4.78, 5) is 0. The minimum Gasteiger partial charge on any atom is -0.371 e. The van der Waals surface area contributed by atoms with Crippen LogP contribution in [0.2, 0.25) is 0 Å². The third-order valence-electron chi connectivity index (χ3n) is 8.60. The monoisotopic (exact) mass is 682 g/mol. The Balaban J connectivity index is 0.000000157. The minimum absolute atomic E-state index is 0.131. The SMILES string of the molecule is Fc1ccc(-c2cc(-c3ccc([C@@H]4CNCCO4)cc3F)[nH]n2)cc1.Fc1ccc(-c2cc(-c3ccc([C@H]4CNCCO4)cc3F)[nH]n2)cc1. The first-order valence-corrected chi connectivity index (χ1v) is 16.3. The largest absolute Gasteiger partial charge is 0.371 e. The standard InChI is InChI=1S/2C19H17F2N3O/c2*20-14-4-1-12(2-5-14)17-10-18(24-23-17)15-6-3-13(9-16(15)21)19-11-22-7-8-25-19/h2*1-6,9-10,19,22H,7-8,11H2,(H,23,24)/t2*19-/m10/s1. The summed E-state index contributed by atoms with van der Waals surface area (Å²) >= 11 is 0. The highest BCUT2D eigenvalue weighted by atomic mass is 19.1. The normalized spacial score (nSPS) is 17.6. The summed E-state index contributed by atoms with van der Waals surface area (Å²) in [5.74, 6) is -1.27. The molecule has 256 valence electrons. The number of benzene rings is 4. The van der Waals surface area contributed by atoms with Gasteiger partial charge in [0.05, 0.1) is 48.2 Å². The molecule has 2 aliphatic rings. The molecule has 12 heteroatoms. The Morgan fingerprint density at radius 1 is 0.520 bits per heavy atom. The molecule has 0 unspecified atom stereocenters. The smallest absolute Gasteiger partial charge is 0.132 e. The molecule has 4 heterocycles. The van der Waals surface area contributed by atoms with Crippen LogP contribution in [0.1, 0.15) is 23.3 Å².